The zero-order valence-corrected chi connectivity index (χ0v) is 6.42. The van der Waals surface area contributed by atoms with Crippen LogP contribution in [0.5, 0.6) is 0 Å². The van der Waals surface area contributed by atoms with Crippen LogP contribution in [0.3, 0.4) is 0 Å². The molecule has 0 aromatic carbocycles. The molecule has 1 aromatic heterocycles. The summed E-state index contributed by atoms with van der Waals surface area (Å²) in [5, 5.41) is 19.7. The first kappa shape index (κ1) is 7.59. The maximum absolute atomic E-state index is 10.9. The van der Waals surface area contributed by atoms with Crippen LogP contribution in [0, 0.1) is 0 Å². The summed E-state index contributed by atoms with van der Waals surface area (Å²) in [6.07, 6.45) is 0. The average molecular weight is 182 g/mol. The molecule has 2 rings (SSSR count). The van der Waals surface area contributed by atoms with Gasteiger partial charge in [-0.25, -0.2) is 4.79 Å². The van der Waals surface area contributed by atoms with Crippen molar-refractivity contribution in [1.29, 1.82) is 0 Å². The van der Waals surface area contributed by atoms with E-state index in [0.717, 1.165) is 0 Å². The van der Waals surface area contributed by atoms with Gasteiger partial charge in [-0.15, -0.1) is 0 Å². The van der Waals surface area contributed by atoms with Crippen LogP contribution in [-0.4, -0.2) is 33.7 Å². The Morgan fingerprint density at radius 3 is 3.00 bits per heavy atom. The fourth-order valence-electron chi connectivity index (χ4n) is 1.09. The highest BCUT2D eigenvalue weighted by Crippen LogP contribution is 2.25. The number of H-pyrrole nitrogens is 1. The van der Waals surface area contributed by atoms with Gasteiger partial charge in [0.25, 0.3) is 0 Å². The first-order valence-electron chi connectivity index (χ1n) is 3.54. The minimum atomic E-state index is -1.15. The molecule has 0 atom stereocenters. The van der Waals surface area contributed by atoms with E-state index in [0.29, 0.717) is 5.82 Å². The van der Waals surface area contributed by atoms with Crippen molar-refractivity contribution >= 4 is 23.4 Å². The van der Waals surface area contributed by atoms with Gasteiger partial charge < -0.3 is 15.7 Å². The number of amides is 1. The van der Waals surface area contributed by atoms with E-state index in [-0.39, 0.29) is 23.8 Å². The molecule has 7 nitrogen and oxygen atoms in total. The maximum Gasteiger partial charge on any atom is 0.356 e. The van der Waals surface area contributed by atoms with Crippen molar-refractivity contribution in [3.05, 3.63) is 5.69 Å². The number of hydrogen-bond acceptors (Lipinski definition) is 4. The predicted molar refractivity (Wildman–Crippen MR) is 42.7 cm³/mol. The first-order chi connectivity index (χ1) is 6.18. The van der Waals surface area contributed by atoms with Crippen molar-refractivity contribution in [2.24, 2.45) is 0 Å². The van der Waals surface area contributed by atoms with Crippen molar-refractivity contribution < 1.29 is 14.7 Å². The van der Waals surface area contributed by atoms with Gasteiger partial charge in [-0.2, -0.15) is 5.10 Å². The second-order valence-electron chi connectivity index (χ2n) is 2.53. The molecule has 0 saturated carbocycles. The minimum absolute atomic E-state index is 0.108. The number of anilines is 2. The smallest absolute Gasteiger partial charge is 0.356 e. The zero-order chi connectivity index (χ0) is 9.42. The van der Waals surface area contributed by atoms with Crippen molar-refractivity contribution in [2.45, 2.75) is 0 Å². The first-order valence-corrected chi connectivity index (χ1v) is 3.54. The molecule has 0 bridgehead atoms. The molecule has 1 aliphatic rings. The highest BCUT2D eigenvalue weighted by atomic mass is 16.4. The molecule has 0 aliphatic carbocycles. The van der Waals surface area contributed by atoms with E-state index < -0.39 is 5.97 Å². The van der Waals surface area contributed by atoms with Crippen LogP contribution >= 0.6 is 0 Å². The second kappa shape index (κ2) is 2.47. The fourth-order valence-corrected chi connectivity index (χ4v) is 1.09. The fraction of sp³-hybridized carbons (Fsp3) is 0.167. The molecule has 1 amide bonds. The molecule has 2 heterocycles. The van der Waals surface area contributed by atoms with Gasteiger partial charge >= 0.3 is 5.97 Å². The molecule has 0 unspecified atom stereocenters. The molecule has 0 spiro atoms. The topological polar surface area (TPSA) is 107 Å². The number of rotatable bonds is 1. The van der Waals surface area contributed by atoms with E-state index >= 15 is 0 Å². The average Bonchev–Trinajstić information content (AvgIpc) is 2.46. The van der Waals surface area contributed by atoms with Gasteiger partial charge in [-0.1, -0.05) is 0 Å². The number of carboxylic acids is 1. The molecular formula is C6H6N4O3. The lowest BCUT2D eigenvalue weighted by Gasteiger charge is -2.12. The quantitative estimate of drug-likeness (QED) is 0.467. The van der Waals surface area contributed by atoms with Gasteiger partial charge in [0.1, 0.15) is 5.69 Å². The van der Waals surface area contributed by atoms with Gasteiger partial charge in [0.15, 0.2) is 11.5 Å². The van der Waals surface area contributed by atoms with E-state index in [1.807, 2.05) is 0 Å². The number of aromatic carboxylic acids is 1. The zero-order valence-electron chi connectivity index (χ0n) is 6.42. The van der Waals surface area contributed by atoms with E-state index in [1.54, 1.807) is 0 Å². The third kappa shape index (κ3) is 1.10. The lowest BCUT2D eigenvalue weighted by molar-refractivity contribution is -0.114. The molecule has 0 fully saturated rings. The molecule has 0 saturated heterocycles. The molecule has 7 heteroatoms. The molecule has 0 radical (unpaired) electrons. The normalized spacial score (nSPS) is 14.3. The van der Waals surface area contributed by atoms with E-state index in [2.05, 4.69) is 20.8 Å². The van der Waals surface area contributed by atoms with Crippen LogP contribution in [0.25, 0.3) is 0 Å². The van der Waals surface area contributed by atoms with Gasteiger partial charge in [0.05, 0.1) is 6.54 Å². The minimum Gasteiger partial charge on any atom is -0.476 e. The summed E-state index contributed by atoms with van der Waals surface area (Å²) in [7, 11) is 0. The molecule has 4 N–H and O–H groups in total. The lowest BCUT2D eigenvalue weighted by Crippen LogP contribution is -2.27. The Labute approximate surface area is 72.1 Å². The number of aromatic amines is 1. The third-order valence-corrected chi connectivity index (χ3v) is 1.66. The third-order valence-electron chi connectivity index (χ3n) is 1.66. The number of carbonyl (C=O) groups is 2. The number of aromatic nitrogens is 2. The second-order valence-corrected chi connectivity index (χ2v) is 2.53. The number of carboxylic acid groups (broad SMARTS) is 1. The van der Waals surface area contributed by atoms with Gasteiger partial charge in [-0.3, -0.25) is 9.89 Å². The van der Waals surface area contributed by atoms with Crippen molar-refractivity contribution in [2.75, 3.05) is 17.2 Å². The van der Waals surface area contributed by atoms with Crippen LogP contribution in [0.4, 0.5) is 11.5 Å². The number of nitrogens with zero attached hydrogens (tertiary/aromatic N) is 1. The number of nitrogens with one attached hydrogen (secondary N) is 3. The van der Waals surface area contributed by atoms with Crippen LogP contribution in [-0.2, 0) is 4.79 Å². The SMILES string of the molecule is O=C1CNc2n[nH]c(C(=O)O)c2N1. The summed E-state index contributed by atoms with van der Waals surface area (Å²) in [6, 6.07) is 0. The number of fused-ring (bicyclic) bond motifs is 1. The van der Waals surface area contributed by atoms with Crippen LogP contribution in [0.1, 0.15) is 10.5 Å². The summed E-state index contributed by atoms with van der Waals surface area (Å²) in [6.45, 7) is 0.108. The predicted octanol–water partition coefficient (Wildman–Crippen LogP) is -0.528. The van der Waals surface area contributed by atoms with Gasteiger partial charge in [0.2, 0.25) is 5.91 Å². The van der Waals surface area contributed by atoms with E-state index in [1.165, 1.54) is 0 Å². The maximum atomic E-state index is 10.9. The number of carbonyl (C=O) groups excluding carboxylic acids is 1. The Kier molecular flexibility index (Phi) is 1.44. The van der Waals surface area contributed by atoms with Crippen molar-refractivity contribution in [3.8, 4) is 0 Å². The summed E-state index contributed by atoms with van der Waals surface area (Å²) in [5.74, 6) is -1.08. The Bertz CT molecular complexity index is 383. The Morgan fingerprint density at radius 2 is 2.31 bits per heavy atom. The molecule has 1 aliphatic heterocycles. The Balaban J connectivity index is 2.46. The van der Waals surface area contributed by atoms with E-state index in [9.17, 15) is 9.59 Å². The van der Waals surface area contributed by atoms with Crippen LogP contribution in [0.2, 0.25) is 0 Å². The summed E-state index contributed by atoms with van der Waals surface area (Å²) in [5.41, 5.74) is 0.0827. The molecule has 68 valence electrons. The highest BCUT2D eigenvalue weighted by Gasteiger charge is 2.23. The Morgan fingerprint density at radius 1 is 1.54 bits per heavy atom. The van der Waals surface area contributed by atoms with Crippen LogP contribution < -0.4 is 10.6 Å². The van der Waals surface area contributed by atoms with Crippen molar-refractivity contribution in [3.63, 3.8) is 0 Å². The van der Waals surface area contributed by atoms with Crippen LogP contribution in [0.15, 0.2) is 0 Å². The summed E-state index contributed by atoms with van der Waals surface area (Å²) in [4.78, 5) is 21.5. The monoisotopic (exact) mass is 182 g/mol. The standard InChI is InChI=1S/C6H6N4O3/c11-2-1-7-5-3(8-2)4(6(12)13)9-10-5/h1H2,(H,8,11)(H,12,13)(H2,7,9,10). The molecule has 13 heavy (non-hydrogen) atoms. The summed E-state index contributed by atoms with van der Waals surface area (Å²) >= 11 is 0. The van der Waals surface area contributed by atoms with Gasteiger partial charge in [0, 0.05) is 0 Å². The lowest BCUT2D eigenvalue weighted by atomic mass is 10.3. The number of hydrogen-bond donors (Lipinski definition) is 4. The highest BCUT2D eigenvalue weighted by molar-refractivity contribution is 6.06. The molecule has 1 aromatic rings. The summed E-state index contributed by atoms with van der Waals surface area (Å²) < 4.78 is 0. The van der Waals surface area contributed by atoms with Crippen molar-refractivity contribution in [1.82, 2.24) is 10.2 Å². The van der Waals surface area contributed by atoms with E-state index in [4.69, 9.17) is 5.11 Å². The molecular weight excluding hydrogens is 176 g/mol. The Hall–Kier alpha value is -2.05. The largest absolute Gasteiger partial charge is 0.476 e. The van der Waals surface area contributed by atoms with Gasteiger partial charge in [-0.05, 0) is 0 Å².